The highest BCUT2D eigenvalue weighted by Gasteiger charge is 2.21. The number of rotatable bonds is 7. The van der Waals surface area contributed by atoms with Crippen LogP contribution < -0.4 is 0 Å². The summed E-state index contributed by atoms with van der Waals surface area (Å²) in [6.45, 7) is 0. The van der Waals surface area contributed by atoms with Gasteiger partial charge in [-0.05, 0) is 78.9 Å². The van der Waals surface area contributed by atoms with Crippen molar-refractivity contribution >= 4 is 54.7 Å². The third kappa shape index (κ3) is 6.88. The van der Waals surface area contributed by atoms with Crippen molar-refractivity contribution < 1.29 is 4.42 Å². The first kappa shape index (κ1) is 38.1. The molecule has 312 valence electrons. The molecule has 0 N–H and O–H groups in total. The quantitative estimate of drug-likeness (QED) is 0.143. The van der Waals surface area contributed by atoms with Crippen LogP contribution in [0.3, 0.4) is 0 Å². The van der Waals surface area contributed by atoms with E-state index in [1.54, 1.807) is 12.4 Å². The molecule has 7 aromatic heterocycles. The van der Waals surface area contributed by atoms with Gasteiger partial charge in [0.1, 0.15) is 11.0 Å². The van der Waals surface area contributed by atoms with Gasteiger partial charge < -0.3 is 4.42 Å². The molecule has 67 heavy (non-hydrogen) atoms. The zero-order chi connectivity index (χ0) is 44.3. The highest BCUT2D eigenvalue weighted by Crippen LogP contribution is 2.40. The van der Waals surface area contributed by atoms with Crippen LogP contribution >= 0.6 is 0 Å². The molecule has 0 unspecified atom stereocenters. The van der Waals surface area contributed by atoms with Crippen LogP contribution in [0.4, 0.5) is 0 Å². The molecule has 0 fully saturated rings. The Morgan fingerprint density at radius 2 is 0.776 bits per heavy atom. The van der Waals surface area contributed by atoms with Gasteiger partial charge in [0.05, 0.1) is 39.3 Å². The predicted octanol–water partition coefficient (Wildman–Crippen LogP) is 13.3. The molecule has 0 amide bonds. The lowest BCUT2D eigenvalue weighted by atomic mass is 9.98. The van der Waals surface area contributed by atoms with Gasteiger partial charge in [-0.3, -0.25) is 19.9 Å². The molecule has 0 atom stereocenters. The van der Waals surface area contributed by atoms with Crippen LogP contribution in [0.1, 0.15) is 0 Å². The normalized spacial score (nSPS) is 11.6. The van der Waals surface area contributed by atoms with Crippen LogP contribution in [0.2, 0.25) is 0 Å². The van der Waals surface area contributed by atoms with Crippen molar-refractivity contribution in [2.45, 2.75) is 0 Å². The minimum Gasteiger partial charge on any atom is -0.435 e. The lowest BCUT2D eigenvalue weighted by Gasteiger charge is -2.13. The van der Waals surface area contributed by atoms with Crippen molar-refractivity contribution in [3.63, 3.8) is 0 Å². The molecule has 0 bridgehead atoms. The highest BCUT2D eigenvalue weighted by molar-refractivity contribution is 6.20. The van der Waals surface area contributed by atoms with Gasteiger partial charge in [-0.25, -0.2) is 24.9 Å². The molecular formula is C57H33N9O. The summed E-state index contributed by atoms with van der Waals surface area (Å²) in [5.41, 5.74) is 13.4. The van der Waals surface area contributed by atoms with E-state index >= 15 is 0 Å². The summed E-state index contributed by atoms with van der Waals surface area (Å²) in [7, 11) is 0. The molecule has 13 aromatic rings. The summed E-state index contributed by atoms with van der Waals surface area (Å²) in [6, 6.07) is 58.7. The summed E-state index contributed by atoms with van der Waals surface area (Å²) in [6.07, 6.45) is 7.23. The van der Waals surface area contributed by atoms with Gasteiger partial charge >= 0.3 is 0 Å². The second kappa shape index (κ2) is 15.7. The standard InChI is InChI=1S/C57H33N9O/c1-3-13-34(14-4-1)47-30-49(64-55(62-47)41-25-36-17-7-9-21-45(36)60-32-41)38-27-39(29-40(28-38)57-66-53-43-19-11-23-58-51(43)52-44(54(53)67-57)20-12-24-59-52)50-31-48(35-15-5-2-6-16-35)63-56(65-50)42-26-37-18-8-10-22-46(37)61-33-42/h1-33H. The second-order valence-corrected chi connectivity index (χ2v) is 16.3. The molecule has 7 heterocycles. The van der Waals surface area contributed by atoms with E-state index in [-0.39, 0.29) is 0 Å². The van der Waals surface area contributed by atoms with Crippen molar-refractivity contribution in [1.82, 2.24) is 44.9 Å². The first-order chi connectivity index (χ1) is 33.1. The summed E-state index contributed by atoms with van der Waals surface area (Å²) < 4.78 is 6.85. The lowest BCUT2D eigenvalue weighted by Crippen LogP contribution is -1.99. The first-order valence-electron chi connectivity index (χ1n) is 21.8. The maximum Gasteiger partial charge on any atom is 0.227 e. The van der Waals surface area contributed by atoms with Gasteiger partial charge in [-0.2, -0.15) is 0 Å². The fourth-order valence-electron chi connectivity index (χ4n) is 8.77. The number of fused-ring (bicyclic) bond motifs is 8. The number of para-hydroxylation sites is 2. The first-order valence-corrected chi connectivity index (χ1v) is 21.8. The van der Waals surface area contributed by atoms with E-state index in [2.05, 4.69) is 66.7 Å². The Balaban J connectivity index is 1.07. The Morgan fingerprint density at radius 3 is 1.33 bits per heavy atom. The molecule has 0 aliphatic carbocycles. The van der Waals surface area contributed by atoms with Crippen LogP contribution in [0.15, 0.2) is 205 Å². The van der Waals surface area contributed by atoms with E-state index < -0.39 is 0 Å². The molecule has 13 rings (SSSR count). The summed E-state index contributed by atoms with van der Waals surface area (Å²) in [5.74, 6) is 1.51. The van der Waals surface area contributed by atoms with Crippen LogP contribution in [0.25, 0.3) is 134 Å². The van der Waals surface area contributed by atoms with Crippen molar-refractivity contribution in [2.24, 2.45) is 0 Å². The van der Waals surface area contributed by atoms with Crippen LogP contribution in [-0.2, 0) is 0 Å². The third-order valence-corrected chi connectivity index (χ3v) is 12.0. The van der Waals surface area contributed by atoms with Crippen molar-refractivity contribution in [3.05, 3.63) is 201 Å². The largest absolute Gasteiger partial charge is 0.435 e. The highest BCUT2D eigenvalue weighted by atomic mass is 16.3. The maximum atomic E-state index is 6.85. The molecule has 0 radical (unpaired) electrons. The molecular weight excluding hydrogens is 827 g/mol. The number of hydrogen-bond donors (Lipinski definition) is 0. The zero-order valence-corrected chi connectivity index (χ0v) is 35.5. The topological polar surface area (TPSA) is 129 Å². The maximum absolute atomic E-state index is 6.85. The van der Waals surface area contributed by atoms with Crippen LogP contribution in [-0.4, -0.2) is 44.9 Å². The van der Waals surface area contributed by atoms with Crippen molar-refractivity contribution in [1.29, 1.82) is 0 Å². The second-order valence-electron chi connectivity index (χ2n) is 16.3. The summed E-state index contributed by atoms with van der Waals surface area (Å²) in [5, 5.41) is 3.67. The predicted molar refractivity (Wildman–Crippen MR) is 264 cm³/mol. The molecule has 0 saturated heterocycles. The van der Waals surface area contributed by atoms with E-state index in [9.17, 15) is 0 Å². The average molecular weight is 860 g/mol. The van der Waals surface area contributed by atoms with E-state index in [0.29, 0.717) is 40.0 Å². The lowest BCUT2D eigenvalue weighted by molar-refractivity contribution is 0.623. The molecule has 0 spiro atoms. The Hall–Kier alpha value is -9.41. The van der Waals surface area contributed by atoms with E-state index in [1.165, 1.54) is 0 Å². The minimum atomic E-state index is 0.423. The van der Waals surface area contributed by atoms with Crippen LogP contribution in [0.5, 0.6) is 0 Å². The third-order valence-electron chi connectivity index (χ3n) is 12.0. The fraction of sp³-hybridized carbons (Fsp3) is 0. The van der Waals surface area contributed by atoms with Gasteiger partial charge in [0.2, 0.25) is 5.89 Å². The minimum absolute atomic E-state index is 0.423. The molecule has 0 aliphatic heterocycles. The van der Waals surface area contributed by atoms with E-state index in [1.807, 2.05) is 122 Å². The molecule has 0 aliphatic rings. The Bertz CT molecular complexity index is 3810. The van der Waals surface area contributed by atoms with Crippen molar-refractivity contribution in [3.8, 4) is 79.3 Å². The summed E-state index contributed by atoms with van der Waals surface area (Å²) in [4.78, 5) is 45.2. The Labute approximate surface area is 382 Å². The number of benzene rings is 6. The zero-order valence-electron chi connectivity index (χ0n) is 35.5. The van der Waals surface area contributed by atoms with Gasteiger partial charge in [0, 0.05) is 85.3 Å². The molecule has 10 nitrogen and oxygen atoms in total. The van der Waals surface area contributed by atoms with E-state index in [0.717, 1.165) is 93.9 Å². The number of pyridine rings is 4. The fourth-order valence-corrected chi connectivity index (χ4v) is 8.77. The van der Waals surface area contributed by atoms with Gasteiger partial charge in [0.25, 0.3) is 0 Å². The average Bonchev–Trinajstić information content (AvgIpc) is 3.87. The molecule has 0 saturated carbocycles. The smallest absolute Gasteiger partial charge is 0.227 e. The number of nitrogens with zero attached hydrogens (tertiary/aromatic N) is 9. The summed E-state index contributed by atoms with van der Waals surface area (Å²) >= 11 is 0. The number of hydrogen-bond acceptors (Lipinski definition) is 10. The van der Waals surface area contributed by atoms with Crippen LogP contribution in [0, 0.1) is 0 Å². The van der Waals surface area contributed by atoms with Gasteiger partial charge in [-0.15, -0.1) is 0 Å². The van der Waals surface area contributed by atoms with Gasteiger partial charge in [-0.1, -0.05) is 97.1 Å². The van der Waals surface area contributed by atoms with E-state index in [4.69, 9.17) is 49.3 Å². The van der Waals surface area contributed by atoms with Crippen molar-refractivity contribution in [2.75, 3.05) is 0 Å². The van der Waals surface area contributed by atoms with Gasteiger partial charge in [0.15, 0.2) is 17.2 Å². The Morgan fingerprint density at radius 1 is 0.313 bits per heavy atom. The number of aromatic nitrogens is 9. The molecule has 10 heteroatoms. The Kier molecular flexibility index (Phi) is 8.92. The monoisotopic (exact) mass is 859 g/mol. The number of oxazole rings is 1. The molecule has 6 aromatic carbocycles. The SMILES string of the molecule is c1ccc(-c2cc(-c3cc(-c4cc(-c5ccccc5)nc(-c5cnc6ccccc6c5)n4)cc(-c4nc5c6cccnc6c6ncccc6c5o4)c3)nc(-c3cnc4ccccc4c3)n2)cc1.